The number of rotatable bonds is 5. The number of hydrogen-bond donors (Lipinski definition) is 1. The smallest absolute Gasteiger partial charge is 0.242 e. The van der Waals surface area contributed by atoms with Crippen LogP contribution in [-0.2, 0) is 14.8 Å². The molecule has 26 heavy (non-hydrogen) atoms. The Hall–Kier alpha value is -1.78. The number of sulfonamides is 1. The molecule has 2 aromatic heterocycles. The highest BCUT2D eigenvalue weighted by Gasteiger charge is 2.24. The van der Waals surface area contributed by atoms with E-state index in [4.69, 9.17) is 4.52 Å². The predicted molar refractivity (Wildman–Crippen MR) is 97.3 cm³/mol. The Balaban J connectivity index is 1.70. The fourth-order valence-corrected chi connectivity index (χ4v) is 5.40. The monoisotopic (exact) mass is 398 g/mol. The zero-order chi connectivity index (χ0) is 18.7. The summed E-state index contributed by atoms with van der Waals surface area (Å²) in [7, 11) is -3.79. The standard InChI is InChI=1S/C16H22N4O4S2/c1-11-14(9-13(25-11)16-18-12(2)24-19-16)26(22,23)17-10-15(21)20-7-5-3-4-6-8-20/h9,17H,3-8,10H2,1-2H3. The van der Waals surface area contributed by atoms with E-state index in [2.05, 4.69) is 14.9 Å². The predicted octanol–water partition coefficient (Wildman–Crippen LogP) is 2.10. The summed E-state index contributed by atoms with van der Waals surface area (Å²) in [5.74, 6) is 0.590. The number of carbonyl (C=O) groups excluding carboxylic acids is 1. The molecule has 8 nitrogen and oxygen atoms in total. The van der Waals surface area contributed by atoms with Crippen LogP contribution >= 0.6 is 11.3 Å². The number of aromatic nitrogens is 2. The van der Waals surface area contributed by atoms with Crippen LogP contribution in [0.2, 0.25) is 0 Å². The Bertz CT molecular complexity index is 880. The van der Waals surface area contributed by atoms with Gasteiger partial charge in [0.1, 0.15) is 0 Å². The fourth-order valence-electron chi connectivity index (χ4n) is 2.91. The molecule has 0 bridgehead atoms. The van der Waals surface area contributed by atoms with Crippen LogP contribution in [0.15, 0.2) is 15.5 Å². The lowest BCUT2D eigenvalue weighted by Crippen LogP contribution is -2.40. The van der Waals surface area contributed by atoms with Crippen molar-refractivity contribution in [1.82, 2.24) is 19.8 Å². The van der Waals surface area contributed by atoms with Crippen molar-refractivity contribution < 1.29 is 17.7 Å². The Morgan fingerprint density at radius 2 is 1.96 bits per heavy atom. The molecule has 0 atom stereocenters. The number of aryl methyl sites for hydroxylation is 2. The summed E-state index contributed by atoms with van der Waals surface area (Å²) < 4.78 is 32.6. The molecule has 0 unspecified atom stereocenters. The summed E-state index contributed by atoms with van der Waals surface area (Å²) in [6.07, 6.45) is 4.16. The molecule has 1 aliphatic rings. The third-order valence-electron chi connectivity index (χ3n) is 4.28. The highest BCUT2D eigenvalue weighted by molar-refractivity contribution is 7.89. The number of nitrogens with one attached hydrogen (secondary N) is 1. The van der Waals surface area contributed by atoms with E-state index in [1.165, 1.54) is 17.4 Å². The molecule has 142 valence electrons. The number of amides is 1. The van der Waals surface area contributed by atoms with Gasteiger partial charge in [0, 0.05) is 24.9 Å². The minimum Gasteiger partial charge on any atom is -0.342 e. The summed E-state index contributed by atoms with van der Waals surface area (Å²) in [4.78, 5) is 19.5. The van der Waals surface area contributed by atoms with Crippen molar-refractivity contribution in [2.24, 2.45) is 0 Å². The Labute approximate surface area is 156 Å². The minimum atomic E-state index is -3.79. The quantitative estimate of drug-likeness (QED) is 0.827. The molecule has 0 aliphatic carbocycles. The molecule has 3 heterocycles. The van der Waals surface area contributed by atoms with Crippen molar-refractivity contribution in [3.05, 3.63) is 16.8 Å². The van der Waals surface area contributed by atoms with Gasteiger partial charge < -0.3 is 9.42 Å². The van der Waals surface area contributed by atoms with Crippen molar-refractivity contribution in [2.45, 2.75) is 44.4 Å². The molecule has 1 N–H and O–H groups in total. The first-order valence-electron chi connectivity index (χ1n) is 8.55. The second-order valence-corrected chi connectivity index (χ2v) is 9.28. The average Bonchev–Trinajstić information content (AvgIpc) is 3.09. The first-order chi connectivity index (χ1) is 12.4. The fraction of sp³-hybridized carbons (Fsp3) is 0.562. The van der Waals surface area contributed by atoms with E-state index in [0.717, 1.165) is 25.7 Å². The van der Waals surface area contributed by atoms with E-state index in [1.54, 1.807) is 18.7 Å². The molecule has 10 heteroatoms. The van der Waals surface area contributed by atoms with E-state index in [1.807, 2.05) is 0 Å². The van der Waals surface area contributed by atoms with Crippen LogP contribution in [0.1, 0.15) is 36.5 Å². The van der Waals surface area contributed by atoms with Crippen molar-refractivity contribution >= 4 is 27.3 Å². The zero-order valence-corrected chi connectivity index (χ0v) is 16.5. The topological polar surface area (TPSA) is 105 Å². The minimum absolute atomic E-state index is 0.142. The van der Waals surface area contributed by atoms with Gasteiger partial charge in [-0.25, -0.2) is 13.1 Å². The lowest BCUT2D eigenvalue weighted by molar-refractivity contribution is -0.129. The van der Waals surface area contributed by atoms with Gasteiger partial charge in [-0.3, -0.25) is 4.79 Å². The molecule has 2 aromatic rings. The second-order valence-electron chi connectivity index (χ2n) is 6.29. The van der Waals surface area contributed by atoms with Gasteiger partial charge in [-0.1, -0.05) is 18.0 Å². The lowest BCUT2D eigenvalue weighted by atomic mass is 10.2. The number of nitrogens with zero attached hydrogens (tertiary/aromatic N) is 3. The number of thiophene rings is 1. The molecule has 0 spiro atoms. The second kappa shape index (κ2) is 7.85. The molecule has 0 aromatic carbocycles. The summed E-state index contributed by atoms with van der Waals surface area (Å²) >= 11 is 1.27. The van der Waals surface area contributed by atoms with E-state index in [9.17, 15) is 13.2 Å². The zero-order valence-electron chi connectivity index (χ0n) is 14.8. The van der Waals surface area contributed by atoms with Gasteiger partial charge in [0.2, 0.25) is 27.6 Å². The Morgan fingerprint density at radius 1 is 1.27 bits per heavy atom. The number of likely N-dealkylation sites (tertiary alicyclic amines) is 1. The van der Waals surface area contributed by atoms with Crippen LogP contribution in [0.3, 0.4) is 0 Å². The van der Waals surface area contributed by atoms with E-state index in [-0.39, 0.29) is 17.3 Å². The molecular formula is C16H22N4O4S2. The molecule has 0 radical (unpaired) electrons. The Morgan fingerprint density at radius 3 is 2.58 bits per heavy atom. The summed E-state index contributed by atoms with van der Waals surface area (Å²) in [5, 5.41) is 3.82. The number of carbonyl (C=O) groups is 1. The first kappa shape index (κ1) is 19.0. The van der Waals surface area contributed by atoms with Crippen molar-refractivity contribution in [3.8, 4) is 10.7 Å². The van der Waals surface area contributed by atoms with Crippen LogP contribution in [0.25, 0.3) is 10.7 Å². The van der Waals surface area contributed by atoms with Crippen LogP contribution in [0, 0.1) is 13.8 Å². The molecular weight excluding hydrogens is 376 g/mol. The first-order valence-corrected chi connectivity index (χ1v) is 10.9. The van der Waals surface area contributed by atoms with Crippen LogP contribution in [0.4, 0.5) is 0 Å². The normalized spacial score (nSPS) is 15.8. The SMILES string of the molecule is Cc1nc(-c2cc(S(=O)(=O)NCC(=O)N3CCCCCC3)c(C)s2)no1. The van der Waals surface area contributed by atoms with Gasteiger partial charge in [-0.15, -0.1) is 11.3 Å². The van der Waals surface area contributed by atoms with Crippen LogP contribution in [-0.4, -0.2) is 49.0 Å². The maximum Gasteiger partial charge on any atom is 0.242 e. The summed E-state index contributed by atoms with van der Waals surface area (Å²) in [5.41, 5.74) is 0. The van der Waals surface area contributed by atoms with Gasteiger partial charge >= 0.3 is 0 Å². The number of hydrogen-bond acceptors (Lipinski definition) is 7. The molecule has 0 saturated carbocycles. The highest BCUT2D eigenvalue weighted by Crippen LogP contribution is 2.31. The van der Waals surface area contributed by atoms with Gasteiger partial charge in [-0.05, 0) is 25.8 Å². The highest BCUT2D eigenvalue weighted by atomic mass is 32.2. The summed E-state index contributed by atoms with van der Waals surface area (Å²) in [6.45, 7) is 4.55. The molecule has 1 fully saturated rings. The molecule has 1 aliphatic heterocycles. The van der Waals surface area contributed by atoms with Crippen molar-refractivity contribution in [2.75, 3.05) is 19.6 Å². The average molecular weight is 399 g/mol. The van der Waals surface area contributed by atoms with Crippen molar-refractivity contribution in [1.29, 1.82) is 0 Å². The van der Waals surface area contributed by atoms with Crippen LogP contribution < -0.4 is 4.72 Å². The molecule has 1 saturated heterocycles. The van der Waals surface area contributed by atoms with Gasteiger partial charge in [0.15, 0.2) is 0 Å². The molecule has 1 amide bonds. The maximum atomic E-state index is 12.6. The van der Waals surface area contributed by atoms with Gasteiger partial charge in [-0.2, -0.15) is 4.98 Å². The summed E-state index contributed by atoms with van der Waals surface area (Å²) in [6, 6.07) is 1.52. The Kier molecular flexibility index (Phi) is 5.73. The molecule has 3 rings (SSSR count). The third kappa shape index (κ3) is 4.30. The van der Waals surface area contributed by atoms with E-state index < -0.39 is 10.0 Å². The van der Waals surface area contributed by atoms with E-state index in [0.29, 0.717) is 34.6 Å². The maximum absolute atomic E-state index is 12.6. The third-order valence-corrected chi connectivity index (χ3v) is 6.98. The van der Waals surface area contributed by atoms with E-state index >= 15 is 0 Å². The lowest BCUT2D eigenvalue weighted by Gasteiger charge is -2.20. The van der Waals surface area contributed by atoms with Crippen molar-refractivity contribution in [3.63, 3.8) is 0 Å². The largest absolute Gasteiger partial charge is 0.342 e. The van der Waals surface area contributed by atoms with Gasteiger partial charge in [0.05, 0.1) is 16.3 Å². The van der Waals surface area contributed by atoms with Gasteiger partial charge in [0.25, 0.3) is 0 Å². The van der Waals surface area contributed by atoms with Crippen LogP contribution in [0.5, 0.6) is 0 Å².